The van der Waals surface area contributed by atoms with Crippen LogP contribution in [0.2, 0.25) is 18.1 Å². The van der Waals surface area contributed by atoms with Crippen LogP contribution in [0.3, 0.4) is 0 Å². The third kappa shape index (κ3) is 6.79. The fourth-order valence-corrected chi connectivity index (χ4v) is 6.62. The molecular weight excluding hydrogens is 612 g/mol. The van der Waals surface area contributed by atoms with Gasteiger partial charge < -0.3 is 29.1 Å². The average molecular weight is 654 g/mol. The van der Waals surface area contributed by atoms with Crippen molar-refractivity contribution in [3.8, 4) is 5.75 Å². The highest BCUT2D eigenvalue weighted by molar-refractivity contribution is 6.74. The smallest absolute Gasteiger partial charge is 0.274 e. The Labute approximate surface area is 268 Å². The van der Waals surface area contributed by atoms with E-state index >= 15 is 0 Å². The number of aliphatic hydroxyl groups excluding tert-OH is 1. The van der Waals surface area contributed by atoms with Crippen LogP contribution in [0.1, 0.15) is 71.6 Å². The molecule has 2 bridgehead atoms. The first-order valence-electron chi connectivity index (χ1n) is 15.5. The van der Waals surface area contributed by atoms with Crippen molar-refractivity contribution in [3.05, 3.63) is 99.0 Å². The summed E-state index contributed by atoms with van der Waals surface area (Å²) in [5.74, 6) is -3.17. The van der Waals surface area contributed by atoms with E-state index < -0.39 is 49.3 Å². The Bertz CT molecular complexity index is 1670. The number of carbonyl (C=O) groups excluding carboxylic acids is 2. The molecule has 5 rings (SSSR count). The molecule has 0 saturated carbocycles. The zero-order chi connectivity index (χ0) is 33.4. The van der Waals surface area contributed by atoms with Gasteiger partial charge in [0.15, 0.2) is 19.8 Å². The number of aromatic nitrogens is 1. The number of nitrogens with zero attached hydrogens (tertiary/aromatic N) is 2. The van der Waals surface area contributed by atoms with E-state index in [1.165, 1.54) is 16.8 Å². The molecule has 0 spiro atoms. The van der Waals surface area contributed by atoms with Crippen LogP contribution in [0.15, 0.2) is 59.5 Å². The van der Waals surface area contributed by atoms with Crippen molar-refractivity contribution in [2.45, 2.75) is 83.1 Å². The van der Waals surface area contributed by atoms with Crippen molar-refractivity contribution in [3.63, 3.8) is 0 Å². The van der Waals surface area contributed by atoms with Crippen LogP contribution in [-0.4, -0.2) is 60.0 Å². The molecule has 9 nitrogen and oxygen atoms in total. The molecule has 3 atom stereocenters. The summed E-state index contributed by atoms with van der Waals surface area (Å²) in [5.41, 5.74) is -0.411. The van der Waals surface area contributed by atoms with Gasteiger partial charge in [-0.1, -0.05) is 57.2 Å². The largest absolute Gasteiger partial charge is 0.483 e. The van der Waals surface area contributed by atoms with E-state index in [1.807, 2.05) is 18.2 Å². The highest BCUT2D eigenvalue weighted by Crippen LogP contribution is 2.39. The van der Waals surface area contributed by atoms with Crippen LogP contribution < -0.4 is 15.5 Å². The van der Waals surface area contributed by atoms with Crippen LogP contribution in [0.5, 0.6) is 5.75 Å². The van der Waals surface area contributed by atoms with E-state index in [9.17, 15) is 28.3 Å². The zero-order valence-corrected chi connectivity index (χ0v) is 27.8. The average Bonchev–Trinajstić information content (AvgIpc) is 3.14. The lowest BCUT2D eigenvalue weighted by molar-refractivity contribution is 0.0429. The number of carbonyl (C=O) groups is 2. The Balaban J connectivity index is 1.52. The number of hydrogen-bond donors (Lipinski definition) is 2. The minimum Gasteiger partial charge on any atom is -0.483 e. The van der Waals surface area contributed by atoms with E-state index in [1.54, 1.807) is 17.0 Å². The first-order valence-corrected chi connectivity index (χ1v) is 18.4. The van der Waals surface area contributed by atoms with Crippen LogP contribution in [0.25, 0.3) is 0 Å². The van der Waals surface area contributed by atoms with Gasteiger partial charge >= 0.3 is 0 Å². The monoisotopic (exact) mass is 653 g/mol. The highest BCUT2D eigenvalue weighted by atomic mass is 28.4. The number of amides is 2. The minimum atomic E-state index is -2.15. The number of nitrogens with one attached hydrogen (secondary N) is 1. The summed E-state index contributed by atoms with van der Waals surface area (Å²) >= 11 is 0. The molecule has 0 unspecified atom stereocenters. The molecule has 1 fully saturated rings. The number of pyridine rings is 1. The number of ether oxygens (including phenoxy) is 1. The molecule has 1 saturated heterocycles. The number of fused-ring (bicyclic) bond motifs is 4. The SMILES string of the molecule is CC(C)(C)[Si](C)(C)OC[C@H]1CC[C@H](O)[C@H]2CN1C(=O)c1c(OCc3ccccc3)c(=O)c(C(=O)NCc3ccc(F)cc3F)cn12. The van der Waals surface area contributed by atoms with E-state index in [0.29, 0.717) is 25.5 Å². The molecule has 2 aliphatic rings. The summed E-state index contributed by atoms with van der Waals surface area (Å²) in [6, 6.07) is 11.1. The lowest BCUT2D eigenvalue weighted by atomic mass is 10.0. The molecule has 1 aromatic heterocycles. The molecule has 0 radical (unpaired) electrons. The normalized spacial score (nSPS) is 19.8. The van der Waals surface area contributed by atoms with Gasteiger partial charge in [0.2, 0.25) is 5.43 Å². The predicted molar refractivity (Wildman–Crippen MR) is 171 cm³/mol. The quantitative estimate of drug-likeness (QED) is 0.308. The molecule has 12 heteroatoms. The van der Waals surface area contributed by atoms with E-state index in [2.05, 4.69) is 39.2 Å². The van der Waals surface area contributed by atoms with Gasteiger partial charge in [0, 0.05) is 30.9 Å². The van der Waals surface area contributed by atoms with Gasteiger partial charge in [-0.3, -0.25) is 14.4 Å². The standard InChI is InChI=1S/C34H41F2N3O6Si/c1-34(2,3)46(4,5)45-20-24-13-14-28(40)27-18-38(24)33(43)29-31(44-19-21-9-7-6-8-10-21)30(41)25(17-39(27)29)32(42)37-16-22-11-12-23(35)15-26(22)36/h6-12,15,17,24,27-28,40H,13-14,16,18-20H2,1-5H3,(H,37,42)/t24-,27-,28+/m1/s1. The Hall–Kier alpha value is -3.87. The van der Waals surface area contributed by atoms with E-state index in [4.69, 9.17) is 9.16 Å². The van der Waals surface area contributed by atoms with Gasteiger partial charge in [-0.05, 0) is 42.6 Å². The molecule has 46 heavy (non-hydrogen) atoms. The molecule has 2 amide bonds. The lowest BCUT2D eigenvalue weighted by Crippen LogP contribution is -2.52. The molecule has 2 aromatic carbocycles. The summed E-state index contributed by atoms with van der Waals surface area (Å²) in [5, 5.41) is 13.8. The highest BCUT2D eigenvalue weighted by Gasteiger charge is 2.45. The molecule has 3 aromatic rings. The van der Waals surface area contributed by atoms with Crippen molar-refractivity contribution in [1.29, 1.82) is 0 Å². The third-order valence-corrected chi connectivity index (χ3v) is 13.9. The summed E-state index contributed by atoms with van der Waals surface area (Å²) < 4.78 is 41.7. The first kappa shape index (κ1) is 33.5. The summed E-state index contributed by atoms with van der Waals surface area (Å²) in [6.07, 6.45) is 1.25. The first-order chi connectivity index (χ1) is 21.7. The van der Waals surface area contributed by atoms with Crippen LogP contribution in [0.4, 0.5) is 8.78 Å². The number of halogens is 2. The van der Waals surface area contributed by atoms with E-state index in [-0.39, 0.29) is 53.3 Å². The number of benzene rings is 2. The van der Waals surface area contributed by atoms with Gasteiger partial charge in [0.1, 0.15) is 23.8 Å². The second-order valence-corrected chi connectivity index (χ2v) is 18.4. The van der Waals surface area contributed by atoms with Gasteiger partial charge in [-0.15, -0.1) is 0 Å². The molecule has 3 heterocycles. The Morgan fingerprint density at radius 2 is 1.80 bits per heavy atom. The summed E-state index contributed by atoms with van der Waals surface area (Å²) in [7, 11) is -2.15. The van der Waals surface area contributed by atoms with Crippen molar-refractivity contribution >= 4 is 20.1 Å². The van der Waals surface area contributed by atoms with Crippen LogP contribution in [-0.2, 0) is 17.6 Å². The second-order valence-electron chi connectivity index (χ2n) is 13.5. The molecule has 2 aliphatic heterocycles. The maximum atomic E-state index is 14.3. The topological polar surface area (TPSA) is 110 Å². The number of rotatable bonds is 9. The molecular formula is C34H41F2N3O6Si. The number of hydrogen-bond acceptors (Lipinski definition) is 6. The fraction of sp³-hybridized carbons (Fsp3) is 0.441. The van der Waals surface area contributed by atoms with E-state index in [0.717, 1.165) is 11.6 Å². The number of aliphatic hydroxyl groups is 1. The van der Waals surface area contributed by atoms with Gasteiger partial charge in [0.25, 0.3) is 11.8 Å². The minimum absolute atomic E-state index is 0.0318. The van der Waals surface area contributed by atoms with Crippen LogP contribution in [0, 0.1) is 11.6 Å². The second kappa shape index (κ2) is 13.1. The summed E-state index contributed by atoms with van der Waals surface area (Å²) in [4.78, 5) is 43.2. The lowest BCUT2D eigenvalue weighted by Gasteiger charge is -2.41. The van der Waals surface area contributed by atoms with Crippen molar-refractivity contribution in [2.24, 2.45) is 0 Å². The Morgan fingerprint density at radius 3 is 2.48 bits per heavy atom. The van der Waals surface area contributed by atoms with Gasteiger partial charge in [0.05, 0.1) is 24.8 Å². The Morgan fingerprint density at radius 1 is 1.09 bits per heavy atom. The molecule has 0 aliphatic carbocycles. The maximum Gasteiger partial charge on any atom is 0.274 e. The maximum absolute atomic E-state index is 14.3. The van der Waals surface area contributed by atoms with Crippen molar-refractivity contribution in [1.82, 2.24) is 14.8 Å². The third-order valence-electron chi connectivity index (χ3n) is 9.45. The fourth-order valence-electron chi connectivity index (χ4n) is 5.58. The predicted octanol–water partition coefficient (Wildman–Crippen LogP) is 5.18. The Kier molecular flexibility index (Phi) is 9.53. The van der Waals surface area contributed by atoms with Gasteiger partial charge in [-0.2, -0.15) is 0 Å². The summed E-state index contributed by atoms with van der Waals surface area (Å²) in [6.45, 7) is 10.8. The van der Waals surface area contributed by atoms with Crippen molar-refractivity contribution in [2.75, 3.05) is 13.2 Å². The molecule has 2 N–H and O–H groups in total. The van der Waals surface area contributed by atoms with Gasteiger partial charge in [-0.25, -0.2) is 8.78 Å². The van der Waals surface area contributed by atoms with Crippen molar-refractivity contribution < 1.29 is 32.6 Å². The van der Waals surface area contributed by atoms with Crippen LogP contribution >= 0.6 is 0 Å². The zero-order valence-electron chi connectivity index (χ0n) is 26.8. The molecule has 246 valence electrons.